The van der Waals surface area contributed by atoms with Crippen LogP contribution in [0.15, 0.2) is 71.8 Å². The Morgan fingerprint density at radius 2 is 1.69 bits per heavy atom. The van der Waals surface area contributed by atoms with Crippen molar-refractivity contribution in [1.82, 2.24) is 0 Å². The third-order valence-corrected chi connectivity index (χ3v) is 6.35. The summed E-state index contributed by atoms with van der Waals surface area (Å²) in [6.45, 7) is 4.51. The molecule has 0 aromatic heterocycles. The van der Waals surface area contributed by atoms with Crippen molar-refractivity contribution >= 4 is 22.9 Å². The van der Waals surface area contributed by atoms with E-state index in [1.54, 1.807) is 12.1 Å². The summed E-state index contributed by atoms with van der Waals surface area (Å²) in [4.78, 5) is 14.2. The minimum atomic E-state index is -0.911. The summed E-state index contributed by atoms with van der Waals surface area (Å²) in [5.74, 6) is -0.911. The molecule has 2 aliphatic carbocycles. The number of hydrogen-bond donors (Lipinski definition) is 1. The highest BCUT2D eigenvalue weighted by Crippen LogP contribution is 2.50. The van der Waals surface area contributed by atoms with Crippen molar-refractivity contribution < 1.29 is 14.5 Å². The molecule has 2 aliphatic rings. The molecule has 0 atom stereocenters. The summed E-state index contributed by atoms with van der Waals surface area (Å²) in [5.41, 5.74) is 8.68. The topological polar surface area (TPSA) is 43.5 Å². The maximum atomic E-state index is 12.1. The molecule has 4 nitrogen and oxygen atoms in total. The summed E-state index contributed by atoms with van der Waals surface area (Å²) in [5, 5.41) is 9.90. The van der Waals surface area contributed by atoms with Crippen LogP contribution in [0.1, 0.15) is 48.3 Å². The minimum Gasteiger partial charge on any atom is -0.478 e. The number of aromatic carboxylic acids is 1. The van der Waals surface area contributed by atoms with Crippen LogP contribution >= 0.6 is 0 Å². The van der Waals surface area contributed by atoms with Gasteiger partial charge in [-0.25, -0.2) is 9.37 Å². The highest BCUT2D eigenvalue weighted by atomic mass is 16.4. The van der Waals surface area contributed by atoms with Crippen LogP contribution in [-0.2, 0) is 5.41 Å². The Morgan fingerprint density at radius 3 is 2.31 bits per heavy atom. The van der Waals surface area contributed by atoms with Crippen LogP contribution in [0.3, 0.4) is 0 Å². The highest BCUT2D eigenvalue weighted by molar-refractivity contribution is 6.08. The zero-order valence-electron chi connectivity index (χ0n) is 19.0. The van der Waals surface area contributed by atoms with Gasteiger partial charge in [0.15, 0.2) is 5.71 Å². The summed E-state index contributed by atoms with van der Waals surface area (Å²) < 4.78 is 2.10. The third kappa shape index (κ3) is 3.60. The molecule has 0 heterocycles. The van der Waals surface area contributed by atoms with Gasteiger partial charge in [0.05, 0.1) is 5.56 Å². The molecule has 0 amide bonds. The van der Waals surface area contributed by atoms with Crippen molar-refractivity contribution in [2.45, 2.75) is 26.7 Å². The van der Waals surface area contributed by atoms with E-state index in [1.165, 1.54) is 11.1 Å². The van der Waals surface area contributed by atoms with Crippen molar-refractivity contribution in [3.8, 4) is 0 Å². The Kier molecular flexibility index (Phi) is 6.01. The van der Waals surface area contributed by atoms with E-state index < -0.39 is 5.97 Å². The second-order valence-electron chi connectivity index (χ2n) is 9.10. The lowest BCUT2D eigenvalue weighted by molar-refractivity contribution is -0.462. The van der Waals surface area contributed by atoms with Gasteiger partial charge in [-0.05, 0) is 57.7 Å². The van der Waals surface area contributed by atoms with Gasteiger partial charge in [-0.15, -0.1) is 0 Å². The van der Waals surface area contributed by atoms with E-state index >= 15 is 0 Å². The van der Waals surface area contributed by atoms with E-state index in [4.69, 9.17) is 0 Å². The average molecular weight is 430 g/mol. The van der Waals surface area contributed by atoms with E-state index in [0.717, 1.165) is 33.7 Å². The maximum absolute atomic E-state index is 12.1. The van der Waals surface area contributed by atoms with Crippen LogP contribution in [0.2, 0.25) is 0 Å². The number of allylic oxidation sites excluding steroid dienone is 5. The molecule has 0 saturated carbocycles. The molecule has 0 radical (unpaired) electrons. The number of benzene rings is 2. The minimum absolute atomic E-state index is 0. The van der Waals surface area contributed by atoms with Crippen LogP contribution in [0, 0.1) is 0 Å². The van der Waals surface area contributed by atoms with Crippen LogP contribution in [0.5, 0.6) is 0 Å². The first-order chi connectivity index (χ1) is 14.6. The van der Waals surface area contributed by atoms with E-state index in [9.17, 15) is 9.90 Å². The van der Waals surface area contributed by atoms with Gasteiger partial charge >= 0.3 is 5.97 Å². The lowest BCUT2D eigenvalue weighted by atomic mass is 9.64. The fourth-order valence-electron chi connectivity index (χ4n) is 4.56. The van der Waals surface area contributed by atoms with Crippen molar-refractivity contribution in [1.29, 1.82) is 0 Å². The molecule has 2 aromatic carbocycles. The maximum Gasteiger partial charge on any atom is 0.336 e. The standard InChI is InChI=1S/C27H28N2O2.CH4/c1-27(2)23-15-17(28(3)4)11-13-21(23)25(19-9-7-8-10-20(19)26(30)31)22-14-12-18(29(5)6)16-24(22)27;/h7-16H,1-6H3;1H4/p+1. The van der Waals surface area contributed by atoms with Gasteiger partial charge in [0.2, 0.25) is 0 Å². The molecular formula is C28H33N2O2+. The number of rotatable bonds is 3. The number of carbonyl (C=O) groups is 1. The fraction of sp³-hybridized carbons (Fsp3) is 0.286. The first-order valence-electron chi connectivity index (χ1n) is 10.5. The number of fused-ring (bicyclic) bond motifs is 2. The van der Waals surface area contributed by atoms with Gasteiger partial charge in [0, 0.05) is 37.3 Å². The lowest BCUT2D eigenvalue weighted by Gasteiger charge is -2.39. The lowest BCUT2D eigenvalue weighted by Crippen LogP contribution is -2.31. The number of anilines is 1. The second-order valence-corrected chi connectivity index (χ2v) is 9.10. The molecule has 0 unspecified atom stereocenters. The number of hydrogen-bond acceptors (Lipinski definition) is 2. The summed E-state index contributed by atoms with van der Waals surface area (Å²) in [6, 6.07) is 13.8. The molecule has 0 bridgehead atoms. The van der Waals surface area contributed by atoms with E-state index in [2.05, 4.69) is 59.8 Å². The van der Waals surface area contributed by atoms with Gasteiger partial charge in [-0.1, -0.05) is 45.5 Å². The molecule has 32 heavy (non-hydrogen) atoms. The fourth-order valence-corrected chi connectivity index (χ4v) is 4.56. The predicted molar refractivity (Wildman–Crippen MR) is 134 cm³/mol. The highest BCUT2D eigenvalue weighted by Gasteiger charge is 2.39. The second kappa shape index (κ2) is 8.27. The number of carboxylic acids is 1. The Hall–Kier alpha value is -3.40. The van der Waals surface area contributed by atoms with Gasteiger partial charge in [0.25, 0.3) is 0 Å². The van der Waals surface area contributed by atoms with Crippen molar-refractivity contribution in [3.63, 3.8) is 0 Å². The molecule has 2 aromatic rings. The van der Waals surface area contributed by atoms with Gasteiger partial charge < -0.3 is 10.0 Å². The van der Waals surface area contributed by atoms with Crippen molar-refractivity contribution in [2.75, 3.05) is 33.1 Å². The number of carboxylic acid groups (broad SMARTS) is 1. The van der Waals surface area contributed by atoms with Crippen LogP contribution in [-0.4, -0.2) is 49.6 Å². The average Bonchev–Trinajstić information content (AvgIpc) is 2.73. The molecular weight excluding hydrogens is 396 g/mol. The molecule has 0 fully saturated rings. The monoisotopic (exact) mass is 429 g/mol. The Morgan fingerprint density at radius 1 is 1.00 bits per heavy atom. The largest absolute Gasteiger partial charge is 0.478 e. The molecule has 4 heteroatoms. The molecule has 0 spiro atoms. The van der Waals surface area contributed by atoms with Crippen LogP contribution in [0.4, 0.5) is 5.69 Å². The van der Waals surface area contributed by atoms with Crippen LogP contribution < -0.4 is 4.90 Å². The third-order valence-electron chi connectivity index (χ3n) is 6.35. The van der Waals surface area contributed by atoms with Crippen LogP contribution in [0.25, 0.3) is 5.57 Å². The zero-order chi connectivity index (χ0) is 22.5. The first-order valence-corrected chi connectivity index (χ1v) is 10.5. The Bertz CT molecular complexity index is 1220. The normalized spacial score (nSPS) is 15.9. The number of nitrogens with zero attached hydrogens (tertiary/aromatic N) is 2. The first kappa shape index (κ1) is 23.3. The van der Waals surface area contributed by atoms with Gasteiger partial charge in [-0.2, -0.15) is 0 Å². The van der Waals surface area contributed by atoms with Gasteiger partial charge in [-0.3, -0.25) is 0 Å². The zero-order valence-corrected chi connectivity index (χ0v) is 19.0. The Labute approximate surface area is 191 Å². The van der Waals surface area contributed by atoms with Gasteiger partial charge in [0.1, 0.15) is 14.1 Å². The molecule has 0 saturated heterocycles. The Balaban J connectivity index is 0.00000289. The summed E-state index contributed by atoms with van der Waals surface area (Å²) in [6.07, 6.45) is 6.49. The van der Waals surface area contributed by atoms with Crippen molar-refractivity contribution in [3.05, 3.63) is 94.1 Å². The van der Waals surface area contributed by atoms with E-state index in [1.807, 2.05) is 40.3 Å². The SMILES string of the molecule is C.CN(C)c1ccc2c(c1)C(C)(C)C1=CC(=[N+](C)C)C=CC1=C2c1ccccc1C(=O)O. The van der Waals surface area contributed by atoms with E-state index in [-0.39, 0.29) is 12.8 Å². The molecule has 0 aliphatic heterocycles. The molecule has 166 valence electrons. The quantitative estimate of drug-likeness (QED) is 0.666. The predicted octanol–water partition coefficient (Wildman–Crippen LogP) is 5.39. The smallest absolute Gasteiger partial charge is 0.336 e. The van der Waals surface area contributed by atoms with Crippen molar-refractivity contribution in [2.24, 2.45) is 0 Å². The van der Waals surface area contributed by atoms with E-state index in [0.29, 0.717) is 5.56 Å². The molecule has 4 rings (SSSR count). The molecule has 1 N–H and O–H groups in total. The summed E-state index contributed by atoms with van der Waals surface area (Å²) in [7, 11) is 8.17. The summed E-state index contributed by atoms with van der Waals surface area (Å²) >= 11 is 0.